The van der Waals surface area contributed by atoms with Gasteiger partial charge in [-0.3, -0.25) is 10.1 Å². The maximum atomic E-state index is 11.3. The highest BCUT2D eigenvalue weighted by atomic mass is 16.6. The van der Waals surface area contributed by atoms with E-state index in [1.807, 2.05) is 0 Å². The summed E-state index contributed by atoms with van der Waals surface area (Å²) in [6.07, 6.45) is -1.35. The lowest BCUT2D eigenvalue weighted by Crippen LogP contribution is -2.14. The number of hydrogen-bond acceptors (Lipinski definition) is 6. The number of methoxy groups -OCH3 is 1. The van der Waals surface area contributed by atoms with Crippen molar-refractivity contribution in [3.63, 3.8) is 0 Å². The molecule has 1 aromatic rings. The number of anilines is 1. The van der Waals surface area contributed by atoms with Crippen molar-refractivity contribution in [3.05, 3.63) is 46.0 Å². The highest BCUT2D eigenvalue weighted by Crippen LogP contribution is 2.31. The van der Waals surface area contributed by atoms with Crippen LogP contribution in [-0.2, 0) is 9.53 Å². The van der Waals surface area contributed by atoms with Gasteiger partial charge in [0.25, 0.3) is 5.69 Å². The van der Waals surface area contributed by atoms with E-state index < -0.39 is 17.0 Å². The molecule has 0 heterocycles. The average Bonchev–Trinajstić information content (AvgIpc) is 2.43. The molecule has 1 atom stereocenters. The van der Waals surface area contributed by atoms with E-state index in [1.165, 1.54) is 18.2 Å². The van der Waals surface area contributed by atoms with E-state index in [-0.39, 0.29) is 16.8 Å². The van der Waals surface area contributed by atoms with Crippen LogP contribution in [0, 0.1) is 10.1 Å². The van der Waals surface area contributed by atoms with E-state index in [2.05, 4.69) is 11.3 Å². The Morgan fingerprint density at radius 3 is 2.55 bits per heavy atom. The largest absolute Gasteiger partial charge is 0.466 e. The van der Waals surface area contributed by atoms with E-state index in [0.717, 1.165) is 7.11 Å². The molecular formula is C13H16N2O5. The minimum absolute atomic E-state index is 0.163. The van der Waals surface area contributed by atoms with Crippen molar-refractivity contribution < 1.29 is 19.6 Å². The van der Waals surface area contributed by atoms with Crippen molar-refractivity contribution in [1.82, 2.24) is 0 Å². The molecule has 0 amide bonds. The van der Waals surface area contributed by atoms with Crippen molar-refractivity contribution in [1.29, 1.82) is 0 Å². The number of carbonyl (C=O) groups is 1. The van der Waals surface area contributed by atoms with Gasteiger partial charge >= 0.3 is 5.97 Å². The Hall–Kier alpha value is -2.41. The van der Waals surface area contributed by atoms with Crippen LogP contribution in [0.4, 0.5) is 11.4 Å². The number of nitro benzene ring substituents is 1. The summed E-state index contributed by atoms with van der Waals surface area (Å²) < 4.78 is 4.45. The summed E-state index contributed by atoms with van der Waals surface area (Å²) >= 11 is 0. The van der Waals surface area contributed by atoms with Crippen LogP contribution < -0.4 is 4.90 Å². The minimum Gasteiger partial charge on any atom is -0.466 e. The predicted molar refractivity (Wildman–Crippen MR) is 73.5 cm³/mol. The molecule has 0 fully saturated rings. The first-order valence-electron chi connectivity index (χ1n) is 5.70. The fourth-order valence-electron chi connectivity index (χ4n) is 1.68. The standard InChI is InChI=1S/C13H16N2O5/c1-8(13(17)20-4)12(16)9-5-6-10(14(2)3)11(7-9)15(18)19/h5-7,12,16H,1H2,2-4H3. The zero-order valence-corrected chi connectivity index (χ0v) is 11.5. The summed E-state index contributed by atoms with van der Waals surface area (Å²) in [5.41, 5.74) is 0.260. The lowest BCUT2D eigenvalue weighted by atomic mass is 10.0. The fraction of sp³-hybridized carbons (Fsp3) is 0.308. The third-order valence-electron chi connectivity index (χ3n) is 2.77. The van der Waals surface area contributed by atoms with Crippen LogP contribution in [0.3, 0.4) is 0 Å². The van der Waals surface area contributed by atoms with Crippen LogP contribution in [0.2, 0.25) is 0 Å². The number of nitrogens with zero attached hydrogens (tertiary/aromatic N) is 2. The molecular weight excluding hydrogens is 264 g/mol. The summed E-state index contributed by atoms with van der Waals surface area (Å²) in [7, 11) is 4.51. The smallest absolute Gasteiger partial charge is 0.336 e. The Bertz CT molecular complexity index is 554. The van der Waals surface area contributed by atoms with Gasteiger partial charge in [-0.1, -0.05) is 12.6 Å². The van der Waals surface area contributed by atoms with E-state index in [9.17, 15) is 20.0 Å². The zero-order chi connectivity index (χ0) is 15.4. The van der Waals surface area contributed by atoms with Gasteiger partial charge in [0.2, 0.25) is 0 Å². The van der Waals surface area contributed by atoms with Crippen molar-refractivity contribution in [3.8, 4) is 0 Å². The number of esters is 1. The third kappa shape index (κ3) is 3.12. The van der Waals surface area contributed by atoms with Crippen molar-refractivity contribution in [2.75, 3.05) is 26.1 Å². The predicted octanol–water partition coefficient (Wildman–Crippen LogP) is 1.42. The number of aliphatic hydroxyl groups is 1. The molecule has 0 saturated heterocycles. The number of ether oxygens (including phenoxy) is 1. The number of nitro groups is 1. The molecule has 0 aromatic heterocycles. The van der Waals surface area contributed by atoms with Crippen LogP contribution in [-0.4, -0.2) is 37.2 Å². The van der Waals surface area contributed by atoms with Crippen molar-refractivity contribution >= 4 is 17.3 Å². The highest BCUT2D eigenvalue weighted by molar-refractivity contribution is 5.89. The molecule has 108 valence electrons. The lowest BCUT2D eigenvalue weighted by Gasteiger charge is -2.16. The monoisotopic (exact) mass is 280 g/mol. The second-order valence-electron chi connectivity index (χ2n) is 4.32. The Labute approximate surface area is 116 Å². The van der Waals surface area contributed by atoms with Crippen LogP contribution >= 0.6 is 0 Å². The van der Waals surface area contributed by atoms with Gasteiger partial charge in [0, 0.05) is 20.2 Å². The molecule has 1 unspecified atom stereocenters. The number of benzene rings is 1. The normalized spacial score (nSPS) is 11.6. The van der Waals surface area contributed by atoms with Crippen molar-refractivity contribution in [2.45, 2.75) is 6.10 Å². The molecule has 0 bridgehead atoms. The van der Waals surface area contributed by atoms with Gasteiger partial charge in [0.05, 0.1) is 17.6 Å². The first-order valence-corrected chi connectivity index (χ1v) is 5.70. The molecule has 20 heavy (non-hydrogen) atoms. The summed E-state index contributed by atoms with van der Waals surface area (Å²) in [5.74, 6) is -0.767. The fourth-order valence-corrected chi connectivity index (χ4v) is 1.68. The van der Waals surface area contributed by atoms with Gasteiger partial charge in [-0.05, 0) is 11.6 Å². The van der Waals surface area contributed by atoms with Crippen LogP contribution in [0.1, 0.15) is 11.7 Å². The molecule has 7 heteroatoms. The van der Waals surface area contributed by atoms with Crippen LogP contribution in [0.25, 0.3) is 0 Å². The third-order valence-corrected chi connectivity index (χ3v) is 2.77. The quantitative estimate of drug-likeness (QED) is 0.379. The van der Waals surface area contributed by atoms with Crippen LogP contribution in [0.15, 0.2) is 30.4 Å². The van der Waals surface area contributed by atoms with E-state index in [0.29, 0.717) is 5.69 Å². The maximum Gasteiger partial charge on any atom is 0.336 e. The molecule has 0 saturated carbocycles. The van der Waals surface area contributed by atoms with Crippen molar-refractivity contribution in [2.24, 2.45) is 0 Å². The number of rotatable bonds is 5. The van der Waals surface area contributed by atoms with Gasteiger partial charge in [0.1, 0.15) is 11.8 Å². The van der Waals surface area contributed by atoms with Gasteiger partial charge in [-0.15, -0.1) is 0 Å². The first kappa shape index (κ1) is 15.6. The summed E-state index contributed by atoms with van der Waals surface area (Å²) in [5, 5.41) is 21.0. The van der Waals surface area contributed by atoms with Crippen LogP contribution in [0.5, 0.6) is 0 Å². The Kier molecular flexibility index (Phi) is 4.82. The molecule has 1 aromatic carbocycles. The molecule has 0 spiro atoms. The number of aliphatic hydroxyl groups excluding tert-OH is 1. The molecule has 0 aliphatic rings. The number of carbonyl (C=O) groups excluding carboxylic acids is 1. The highest BCUT2D eigenvalue weighted by Gasteiger charge is 2.23. The molecule has 0 aliphatic heterocycles. The summed E-state index contributed by atoms with van der Waals surface area (Å²) in [6.45, 7) is 3.43. The average molecular weight is 280 g/mol. The first-order chi connectivity index (χ1) is 9.29. The molecule has 0 radical (unpaired) electrons. The molecule has 0 aliphatic carbocycles. The number of hydrogen-bond donors (Lipinski definition) is 1. The lowest BCUT2D eigenvalue weighted by molar-refractivity contribution is -0.384. The van der Waals surface area contributed by atoms with Gasteiger partial charge in [0.15, 0.2) is 0 Å². The molecule has 1 rings (SSSR count). The van der Waals surface area contributed by atoms with Gasteiger partial charge in [-0.25, -0.2) is 4.79 Å². The summed E-state index contributed by atoms with van der Waals surface area (Å²) in [6, 6.07) is 4.22. The molecule has 1 N–H and O–H groups in total. The second-order valence-corrected chi connectivity index (χ2v) is 4.32. The SMILES string of the molecule is C=C(C(=O)OC)C(O)c1ccc(N(C)C)c([N+](=O)[O-])c1. The topological polar surface area (TPSA) is 92.9 Å². The minimum atomic E-state index is -1.35. The van der Waals surface area contributed by atoms with E-state index in [4.69, 9.17) is 0 Å². The summed E-state index contributed by atoms with van der Waals surface area (Å²) in [4.78, 5) is 23.4. The second kappa shape index (κ2) is 6.16. The van der Waals surface area contributed by atoms with Gasteiger partial charge in [-0.2, -0.15) is 0 Å². The molecule has 7 nitrogen and oxygen atoms in total. The Morgan fingerprint density at radius 1 is 1.50 bits per heavy atom. The van der Waals surface area contributed by atoms with E-state index in [1.54, 1.807) is 19.0 Å². The van der Waals surface area contributed by atoms with Gasteiger partial charge < -0.3 is 14.7 Å². The van der Waals surface area contributed by atoms with E-state index >= 15 is 0 Å². The maximum absolute atomic E-state index is 11.3. The Balaban J connectivity index is 3.21. The Morgan fingerprint density at radius 2 is 2.10 bits per heavy atom. The zero-order valence-electron chi connectivity index (χ0n) is 11.5.